The van der Waals surface area contributed by atoms with Crippen LogP contribution in [0.2, 0.25) is 0 Å². The second-order valence-corrected chi connectivity index (χ2v) is 9.19. The van der Waals surface area contributed by atoms with Crippen LogP contribution >= 0.6 is 0 Å². The van der Waals surface area contributed by atoms with E-state index in [-0.39, 0.29) is 5.75 Å². The fourth-order valence-corrected chi connectivity index (χ4v) is 3.63. The first-order valence-corrected chi connectivity index (χ1v) is 12.3. The molecule has 3 aromatic carbocycles. The first-order valence-electron chi connectivity index (χ1n) is 10.7. The molecule has 0 bridgehead atoms. The number of fused-ring (bicyclic) bond motifs is 3. The van der Waals surface area contributed by atoms with E-state index in [9.17, 15) is 17.8 Å². The predicted octanol–water partition coefficient (Wildman–Crippen LogP) is 4.19. The van der Waals surface area contributed by atoms with Crippen LogP contribution in [0.4, 0.5) is 16.2 Å². The fourth-order valence-electron chi connectivity index (χ4n) is 3.63. The van der Waals surface area contributed by atoms with E-state index in [0.717, 1.165) is 38.6 Å². The van der Waals surface area contributed by atoms with E-state index < -0.39 is 16.2 Å². The Bertz CT molecular complexity index is 1430. The Balaban J connectivity index is 0.000000481. The highest BCUT2D eigenvalue weighted by Crippen LogP contribution is 2.32. The van der Waals surface area contributed by atoms with Crippen molar-refractivity contribution in [1.29, 1.82) is 0 Å². The van der Waals surface area contributed by atoms with Gasteiger partial charge < -0.3 is 15.0 Å². The quantitative estimate of drug-likeness (QED) is 0.195. The summed E-state index contributed by atoms with van der Waals surface area (Å²) in [4.78, 5) is 11.6. The molecule has 0 atom stereocenters. The second-order valence-electron chi connectivity index (χ2n) is 7.50. The molecule has 8 nitrogen and oxygen atoms in total. The maximum Gasteiger partial charge on any atom is 0.411 e. The number of carbonyl (C=O) groups is 1. The third-order valence-electron chi connectivity index (χ3n) is 5.22. The number of amides is 1. The average molecular weight is 482 g/mol. The smallest absolute Gasteiger partial charge is 0.411 e. The molecule has 0 spiro atoms. The van der Waals surface area contributed by atoms with E-state index in [1.165, 1.54) is 6.92 Å². The molecule has 34 heavy (non-hydrogen) atoms. The molecule has 0 unspecified atom stereocenters. The molecule has 1 heterocycles. The number of aryl methyl sites for hydroxylation is 1. The zero-order valence-corrected chi connectivity index (χ0v) is 20.1. The Morgan fingerprint density at radius 1 is 1.00 bits per heavy atom. The van der Waals surface area contributed by atoms with Gasteiger partial charge in [-0.15, -0.1) is 0 Å². The van der Waals surface area contributed by atoms with Crippen LogP contribution in [0.15, 0.2) is 66.7 Å². The Hall–Kier alpha value is -3.69. The number of carbonyl (C=O) groups excluding carboxylic acids is 1. The SMILES string of the molecule is CCOC(=O)Nc1ccc(-c2c3ccccc3c3cc(N)ccc3[n+]2C)cc1.CCS(=O)(=O)[O-]. The van der Waals surface area contributed by atoms with E-state index in [2.05, 4.69) is 35.1 Å². The molecule has 1 amide bonds. The van der Waals surface area contributed by atoms with Crippen LogP contribution in [0.1, 0.15) is 13.8 Å². The summed E-state index contributed by atoms with van der Waals surface area (Å²) in [6.07, 6.45) is -0.449. The molecule has 3 N–H and O–H groups in total. The van der Waals surface area contributed by atoms with Gasteiger partial charge in [-0.05, 0) is 49.4 Å². The molecule has 9 heteroatoms. The lowest BCUT2D eigenvalue weighted by molar-refractivity contribution is -0.632. The number of hydrogen-bond donors (Lipinski definition) is 2. The highest BCUT2D eigenvalue weighted by Gasteiger charge is 2.20. The highest BCUT2D eigenvalue weighted by molar-refractivity contribution is 7.85. The number of nitrogens with two attached hydrogens (primary N) is 1. The summed E-state index contributed by atoms with van der Waals surface area (Å²) in [5.41, 5.74) is 10.8. The van der Waals surface area contributed by atoms with Crippen LogP contribution in [0.25, 0.3) is 32.9 Å². The minimum atomic E-state index is -3.91. The molecule has 0 fully saturated rings. The molecule has 0 aliphatic heterocycles. The third-order valence-corrected chi connectivity index (χ3v) is 5.93. The van der Waals surface area contributed by atoms with Gasteiger partial charge in [-0.25, -0.2) is 13.2 Å². The number of nitrogens with zero attached hydrogens (tertiary/aromatic N) is 1. The van der Waals surface area contributed by atoms with Crippen molar-refractivity contribution >= 4 is 49.3 Å². The number of anilines is 2. The van der Waals surface area contributed by atoms with Gasteiger partial charge in [0.1, 0.15) is 7.05 Å². The van der Waals surface area contributed by atoms with Crippen LogP contribution in [-0.2, 0) is 21.9 Å². The second kappa shape index (κ2) is 10.5. The zero-order chi connectivity index (χ0) is 24.9. The molecule has 0 saturated carbocycles. The van der Waals surface area contributed by atoms with Gasteiger partial charge in [0, 0.05) is 34.1 Å². The Kier molecular flexibility index (Phi) is 7.70. The molecule has 0 saturated heterocycles. The molecule has 178 valence electrons. The lowest BCUT2D eigenvalue weighted by Crippen LogP contribution is -2.32. The summed E-state index contributed by atoms with van der Waals surface area (Å²) in [6.45, 7) is 3.43. The van der Waals surface area contributed by atoms with E-state index in [1.54, 1.807) is 6.92 Å². The van der Waals surface area contributed by atoms with E-state index in [1.807, 2.05) is 48.5 Å². The summed E-state index contributed by atoms with van der Waals surface area (Å²) < 4.78 is 35.4. The van der Waals surface area contributed by atoms with Gasteiger partial charge in [0.15, 0.2) is 0 Å². The van der Waals surface area contributed by atoms with E-state index >= 15 is 0 Å². The summed E-state index contributed by atoms with van der Waals surface area (Å²) in [5, 5.41) is 6.16. The van der Waals surface area contributed by atoms with Gasteiger partial charge in [-0.2, -0.15) is 4.57 Å². The van der Waals surface area contributed by atoms with Crippen molar-refractivity contribution in [2.75, 3.05) is 23.4 Å². The van der Waals surface area contributed by atoms with Gasteiger partial charge >= 0.3 is 6.09 Å². The van der Waals surface area contributed by atoms with Gasteiger partial charge in [0.25, 0.3) is 0 Å². The molecule has 1 aromatic heterocycles. The molecule has 4 aromatic rings. The molecular formula is C25H27N3O5S. The largest absolute Gasteiger partial charge is 0.748 e. The topological polar surface area (TPSA) is 125 Å². The van der Waals surface area contributed by atoms with Gasteiger partial charge in [-0.3, -0.25) is 5.32 Å². The highest BCUT2D eigenvalue weighted by atomic mass is 32.2. The van der Waals surface area contributed by atoms with Gasteiger partial charge in [0.2, 0.25) is 11.2 Å². The van der Waals surface area contributed by atoms with Crippen molar-refractivity contribution in [1.82, 2.24) is 0 Å². The monoisotopic (exact) mass is 481 g/mol. The molecular weight excluding hydrogens is 454 g/mol. The van der Waals surface area contributed by atoms with Gasteiger partial charge in [0.05, 0.1) is 27.5 Å². The summed E-state index contributed by atoms with van der Waals surface area (Å²) in [7, 11) is -1.85. The predicted molar refractivity (Wildman–Crippen MR) is 133 cm³/mol. The van der Waals surface area contributed by atoms with Crippen molar-refractivity contribution in [3.8, 4) is 11.3 Å². The molecule has 0 aliphatic carbocycles. The van der Waals surface area contributed by atoms with E-state index in [4.69, 9.17) is 10.5 Å². The molecule has 0 aliphatic rings. The summed E-state index contributed by atoms with van der Waals surface area (Å²) in [6, 6.07) is 22.1. The maximum atomic E-state index is 11.6. The first-order chi connectivity index (χ1) is 16.1. The lowest BCUT2D eigenvalue weighted by atomic mass is 9.99. The van der Waals surface area contributed by atoms with Crippen LogP contribution in [0.3, 0.4) is 0 Å². The van der Waals surface area contributed by atoms with Crippen LogP contribution in [0.5, 0.6) is 0 Å². The number of rotatable bonds is 4. The van der Waals surface area contributed by atoms with Crippen molar-refractivity contribution < 1.29 is 27.1 Å². The summed E-state index contributed by atoms with van der Waals surface area (Å²) >= 11 is 0. The normalized spacial score (nSPS) is 11.1. The average Bonchev–Trinajstić information content (AvgIpc) is 2.80. The number of nitrogens with one attached hydrogen (secondary N) is 1. The number of ether oxygens (including phenoxy) is 1. The van der Waals surface area contributed by atoms with Crippen molar-refractivity contribution in [3.63, 3.8) is 0 Å². The fraction of sp³-hybridized carbons (Fsp3) is 0.200. The van der Waals surface area contributed by atoms with Crippen molar-refractivity contribution in [2.45, 2.75) is 13.8 Å². The zero-order valence-electron chi connectivity index (χ0n) is 19.2. The Morgan fingerprint density at radius 2 is 1.62 bits per heavy atom. The maximum absolute atomic E-state index is 11.6. The lowest BCUT2D eigenvalue weighted by Gasteiger charge is -2.11. The molecule has 4 rings (SSSR count). The number of benzene rings is 3. The standard InChI is InChI=1S/C23H21N3O2.C2H6O3S/c1-3-28-23(27)25-17-11-8-15(9-12-17)22-19-7-5-4-6-18(19)20-14-16(24)10-13-21(20)26(22)2;1-2-6(3,4)5/h4-14H,3,24H2,1-2H3;2H2,1H3,(H,3,4,5). The number of hydrogen-bond acceptors (Lipinski definition) is 6. The first kappa shape index (κ1) is 24.9. The van der Waals surface area contributed by atoms with Crippen molar-refractivity contribution in [3.05, 3.63) is 66.7 Å². The number of nitrogen functional groups attached to an aromatic ring is 1. The van der Waals surface area contributed by atoms with Crippen LogP contribution in [0, 0.1) is 0 Å². The Morgan fingerprint density at radius 3 is 2.21 bits per heavy atom. The van der Waals surface area contributed by atoms with Crippen molar-refractivity contribution in [2.24, 2.45) is 7.05 Å². The minimum absolute atomic E-state index is 0.312. The number of pyridine rings is 1. The van der Waals surface area contributed by atoms with Gasteiger partial charge in [-0.1, -0.05) is 25.1 Å². The van der Waals surface area contributed by atoms with Crippen LogP contribution < -0.4 is 15.6 Å². The van der Waals surface area contributed by atoms with E-state index in [0.29, 0.717) is 12.3 Å². The molecule has 0 radical (unpaired) electrons. The number of aromatic nitrogens is 1. The Labute approximate surface area is 198 Å². The van der Waals surface area contributed by atoms with Crippen LogP contribution in [-0.4, -0.2) is 31.4 Å². The third kappa shape index (κ3) is 5.81. The summed E-state index contributed by atoms with van der Waals surface area (Å²) in [5.74, 6) is -0.312. The minimum Gasteiger partial charge on any atom is -0.748 e.